The van der Waals surface area contributed by atoms with Gasteiger partial charge in [0.05, 0.1) is 0 Å². The van der Waals surface area contributed by atoms with E-state index in [1.165, 1.54) is 55.0 Å². The van der Waals surface area contributed by atoms with Crippen LogP contribution in [0, 0.1) is 0 Å². The van der Waals surface area contributed by atoms with Crippen molar-refractivity contribution in [3.05, 3.63) is 29.8 Å². The molecule has 2 unspecified atom stereocenters. The van der Waals surface area contributed by atoms with Crippen LogP contribution in [0.2, 0.25) is 0 Å². The van der Waals surface area contributed by atoms with E-state index in [-0.39, 0.29) is 0 Å². The highest BCUT2D eigenvalue weighted by Crippen LogP contribution is 2.37. The van der Waals surface area contributed by atoms with Gasteiger partial charge in [-0.3, -0.25) is 4.90 Å². The molecule has 3 heteroatoms. The molecule has 1 saturated heterocycles. The molecule has 1 N–H and O–H groups in total. The molecule has 1 aromatic carbocycles. The first-order chi connectivity index (χ1) is 9.40. The minimum absolute atomic E-state index is 0.585. The maximum absolute atomic E-state index is 3.93. The lowest BCUT2D eigenvalue weighted by molar-refractivity contribution is 0.311. The van der Waals surface area contributed by atoms with Crippen molar-refractivity contribution in [2.75, 3.05) is 18.8 Å². The van der Waals surface area contributed by atoms with Crippen LogP contribution >= 0.6 is 11.8 Å². The second-order valence-corrected chi connectivity index (χ2v) is 7.24. The van der Waals surface area contributed by atoms with E-state index in [0.717, 1.165) is 6.04 Å². The third-order valence-corrected chi connectivity index (χ3v) is 5.80. The van der Waals surface area contributed by atoms with Gasteiger partial charge in [-0.1, -0.05) is 18.2 Å². The SMILES string of the molecule is c1ccc2c(c1)SCCC2NC1CCN(C2CC2)C1. The average Bonchev–Trinajstić information content (AvgIpc) is 3.20. The second-order valence-electron chi connectivity index (χ2n) is 6.11. The Morgan fingerprint density at radius 1 is 1.11 bits per heavy atom. The standard InChI is InChI=1S/C16H22N2S/c1-2-4-16-14(3-1)15(8-10-19-16)17-12-7-9-18(11-12)13-5-6-13/h1-4,12-13,15,17H,5-11H2. The monoisotopic (exact) mass is 274 g/mol. The van der Waals surface area contributed by atoms with E-state index in [1.54, 1.807) is 0 Å². The molecule has 102 valence electrons. The van der Waals surface area contributed by atoms with Gasteiger partial charge in [0.25, 0.3) is 0 Å². The van der Waals surface area contributed by atoms with Gasteiger partial charge in [0.2, 0.25) is 0 Å². The first-order valence-corrected chi connectivity index (χ1v) is 8.60. The van der Waals surface area contributed by atoms with Crippen LogP contribution in [0.4, 0.5) is 0 Å². The van der Waals surface area contributed by atoms with Crippen LogP contribution in [0.15, 0.2) is 29.2 Å². The maximum Gasteiger partial charge on any atom is 0.0342 e. The topological polar surface area (TPSA) is 15.3 Å². The first-order valence-electron chi connectivity index (χ1n) is 7.62. The Morgan fingerprint density at radius 2 is 2.00 bits per heavy atom. The number of likely N-dealkylation sites (tertiary alicyclic amines) is 1. The van der Waals surface area contributed by atoms with Gasteiger partial charge >= 0.3 is 0 Å². The highest BCUT2D eigenvalue weighted by molar-refractivity contribution is 7.99. The summed E-state index contributed by atoms with van der Waals surface area (Å²) in [6.07, 6.45) is 5.50. The number of hydrogen-bond acceptors (Lipinski definition) is 3. The molecule has 0 radical (unpaired) electrons. The van der Waals surface area contributed by atoms with E-state index >= 15 is 0 Å². The van der Waals surface area contributed by atoms with Crippen molar-refractivity contribution < 1.29 is 0 Å². The van der Waals surface area contributed by atoms with E-state index in [4.69, 9.17) is 0 Å². The van der Waals surface area contributed by atoms with Crippen molar-refractivity contribution in [3.63, 3.8) is 0 Å². The van der Waals surface area contributed by atoms with Gasteiger partial charge in [0, 0.05) is 36.1 Å². The minimum Gasteiger partial charge on any atom is -0.306 e. The zero-order chi connectivity index (χ0) is 12.7. The minimum atomic E-state index is 0.585. The number of hydrogen-bond donors (Lipinski definition) is 1. The lowest BCUT2D eigenvalue weighted by atomic mass is 10.0. The zero-order valence-corrected chi connectivity index (χ0v) is 12.2. The van der Waals surface area contributed by atoms with Gasteiger partial charge < -0.3 is 5.32 Å². The van der Waals surface area contributed by atoms with Crippen LogP contribution in [0.5, 0.6) is 0 Å². The van der Waals surface area contributed by atoms with Gasteiger partial charge in [-0.2, -0.15) is 0 Å². The average molecular weight is 274 g/mol. The van der Waals surface area contributed by atoms with Crippen molar-refractivity contribution >= 4 is 11.8 Å². The molecule has 0 amide bonds. The van der Waals surface area contributed by atoms with Crippen molar-refractivity contribution in [1.29, 1.82) is 0 Å². The number of thioether (sulfide) groups is 1. The lowest BCUT2D eigenvalue weighted by Gasteiger charge is -2.29. The van der Waals surface area contributed by atoms with E-state index < -0.39 is 0 Å². The smallest absolute Gasteiger partial charge is 0.0342 e. The Morgan fingerprint density at radius 3 is 2.89 bits per heavy atom. The highest BCUT2D eigenvalue weighted by Gasteiger charge is 2.35. The summed E-state index contributed by atoms with van der Waals surface area (Å²) in [7, 11) is 0. The molecule has 19 heavy (non-hydrogen) atoms. The van der Waals surface area contributed by atoms with Gasteiger partial charge in [0.15, 0.2) is 0 Å². The molecule has 2 aliphatic heterocycles. The van der Waals surface area contributed by atoms with Crippen molar-refractivity contribution in [2.45, 2.75) is 48.7 Å². The van der Waals surface area contributed by atoms with Crippen LogP contribution in [-0.2, 0) is 0 Å². The predicted octanol–water partition coefficient (Wildman–Crippen LogP) is 3.05. The van der Waals surface area contributed by atoms with Gasteiger partial charge in [-0.15, -0.1) is 11.8 Å². The van der Waals surface area contributed by atoms with Gasteiger partial charge in [-0.05, 0) is 43.1 Å². The second kappa shape index (κ2) is 5.12. The van der Waals surface area contributed by atoms with Crippen molar-refractivity contribution in [1.82, 2.24) is 10.2 Å². The lowest BCUT2D eigenvalue weighted by Crippen LogP contribution is -2.37. The van der Waals surface area contributed by atoms with Crippen molar-refractivity contribution in [2.24, 2.45) is 0 Å². The fourth-order valence-electron chi connectivity index (χ4n) is 3.49. The number of fused-ring (bicyclic) bond motifs is 1. The summed E-state index contributed by atoms with van der Waals surface area (Å²) in [5, 5.41) is 3.93. The normalized spacial score (nSPS) is 31.4. The Kier molecular flexibility index (Phi) is 3.30. The van der Waals surface area contributed by atoms with E-state index in [9.17, 15) is 0 Å². The van der Waals surface area contributed by atoms with Gasteiger partial charge in [-0.25, -0.2) is 0 Å². The summed E-state index contributed by atoms with van der Waals surface area (Å²) in [6, 6.07) is 11.2. The van der Waals surface area contributed by atoms with Crippen LogP contribution in [0.25, 0.3) is 0 Å². The van der Waals surface area contributed by atoms with Crippen LogP contribution in [0.3, 0.4) is 0 Å². The molecule has 2 nitrogen and oxygen atoms in total. The summed E-state index contributed by atoms with van der Waals surface area (Å²) < 4.78 is 0. The van der Waals surface area contributed by atoms with Crippen molar-refractivity contribution in [3.8, 4) is 0 Å². The Hall–Kier alpha value is -0.510. The van der Waals surface area contributed by atoms with E-state index in [0.29, 0.717) is 12.1 Å². The third-order valence-electron chi connectivity index (χ3n) is 4.68. The fourth-order valence-corrected chi connectivity index (χ4v) is 4.62. The van der Waals surface area contributed by atoms with E-state index in [2.05, 4.69) is 34.5 Å². The maximum atomic E-state index is 3.93. The first kappa shape index (κ1) is 12.2. The number of rotatable bonds is 3. The Balaban J connectivity index is 1.43. The van der Waals surface area contributed by atoms with Crippen LogP contribution in [-0.4, -0.2) is 35.8 Å². The molecule has 0 aromatic heterocycles. The molecule has 1 aromatic rings. The summed E-state index contributed by atoms with van der Waals surface area (Å²) in [5.74, 6) is 1.26. The highest BCUT2D eigenvalue weighted by atomic mass is 32.2. The summed E-state index contributed by atoms with van der Waals surface area (Å²) in [5.41, 5.74) is 1.53. The molecular formula is C16H22N2S. The molecule has 0 bridgehead atoms. The number of nitrogens with one attached hydrogen (secondary N) is 1. The molecule has 3 aliphatic rings. The Bertz CT molecular complexity index is 458. The number of benzene rings is 1. The molecule has 2 heterocycles. The van der Waals surface area contributed by atoms with Gasteiger partial charge in [0.1, 0.15) is 0 Å². The molecular weight excluding hydrogens is 252 g/mol. The fraction of sp³-hybridized carbons (Fsp3) is 0.625. The molecule has 1 saturated carbocycles. The van der Waals surface area contributed by atoms with Crippen LogP contribution < -0.4 is 5.32 Å². The molecule has 0 spiro atoms. The van der Waals surface area contributed by atoms with Crippen LogP contribution in [0.1, 0.15) is 37.3 Å². The zero-order valence-electron chi connectivity index (χ0n) is 11.3. The molecule has 1 aliphatic carbocycles. The summed E-state index contributed by atoms with van der Waals surface area (Å²) >= 11 is 2.02. The Labute approximate surface area is 119 Å². The van der Waals surface area contributed by atoms with E-state index in [1.807, 2.05) is 11.8 Å². The molecule has 4 rings (SSSR count). The molecule has 2 fully saturated rings. The molecule has 2 atom stereocenters. The largest absolute Gasteiger partial charge is 0.306 e. The number of nitrogens with zero attached hydrogens (tertiary/aromatic N) is 1. The predicted molar refractivity (Wildman–Crippen MR) is 80.7 cm³/mol. The quantitative estimate of drug-likeness (QED) is 0.912. The third kappa shape index (κ3) is 2.56. The summed E-state index contributed by atoms with van der Waals surface area (Å²) in [6.45, 7) is 2.59. The summed E-state index contributed by atoms with van der Waals surface area (Å²) in [4.78, 5) is 4.18.